The smallest absolute Gasteiger partial charge is 0.261 e. The largest absolute Gasteiger partial charge is 0.289 e. The highest BCUT2D eigenvalue weighted by Gasteiger charge is 2.39. The summed E-state index contributed by atoms with van der Waals surface area (Å²) in [5.41, 5.74) is 3.33. The van der Waals surface area contributed by atoms with Crippen molar-refractivity contribution in [1.82, 2.24) is 9.79 Å². The Labute approximate surface area is 151 Å². The quantitative estimate of drug-likeness (QED) is 0.630. The SMILES string of the molecule is O=C(NO)[C@@H]1CCCN1S(=O)(=O)c1ccc(-c2ccc(Cl)cc2)cc1. The molecular weight excluding hydrogens is 364 g/mol. The second kappa shape index (κ2) is 7.13. The van der Waals surface area contributed by atoms with Crippen LogP contribution in [0, 0.1) is 0 Å². The standard InChI is InChI=1S/C17H17ClN2O4S/c18-14-7-3-12(4-8-14)13-5-9-15(10-6-13)25(23,24)20-11-1-2-16(20)17(21)19-22/h3-10,16,22H,1-2,11H2,(H,19,21)/t16-/m0/s1. The number of benzene rings is 2. The molecule has 0 spiro atoms. The van der Waals surface area contributed by atoms with Crippen molar-refractivity contribution in [3.8, 4) is 11.1 Å². The lowest BCUT2D eigenvalue weighted by Crippen LogP contribution is -2.44. The molecule has 3 rings (SSSR count). The molecule has 2 N–H and O–H groups in total. The van der Waals surface area contributed by atoms with E-state index in [-0.39, 0.29) is 11.4 Å². The summed E-state index contributed by atoms with van der Waals surface area (Å²) in [6.45, 7) is 0.249. The molecule has 1 aliphatic heterocycles. The van der Waals surface area contributed by atoms with Gasteiger partial charge in [-0.15, -0.1) is 0 Å². The average Bonchev–Trinajstić information content (AvgIpc) is 3.12. The van der Waals surface area contributed by atoms with Crippen LogP contribution in [0.2, 0.25) is 5.02 Å². The monoisotopic (exact) mass is 380 g/mol. The zero-order chi connectivity index (χ0) is 18.0. The molecule has 2 aromatic carbocycles. The second-order valence-corrected chi connectivity index (χ2v) is 8.11. The topological polar surface area (TPSA) is 86.7 Å². The summed E-state index contributed by atoms with van der Waals surface area (Å²) in [7, 11) is -3.81. The van der Waals surface area contributed by atoms with Crippen molar-refractivity contribution in [1.29, 1.82) is 0 Å². The molecule has 0 aromatic heterocycles. The van der Waals surface area contributed by atoms with Crippen molar-refractivity contribution in [2.45, 2.75) is 23.8 Å². The number of nitrogens with one attached hydrogen (secondary N) is 1. The first-order valence-electron chi connectivity index (χ1n) is 7.75. The van der Waals surface area contributed by atoms with E-state index in [2.05, 4.69) is 0 Å². The summed E-state index contributed by atoms with van der Waals surface area (Å²) in [5.74, 6) is -0.709. The zero-order valence-corrected chi connectivity index (χ0v) is 14.8. The van der Waals surface area contributed by atoms with Crippen LogP contribution in [0.3, 0.4) is 0 Å². The first-order chi connectivity index (χ1) is 11.9. The average molecular weight is 381 g/mol. The van der Waals surface area contributed by atoms with Gasteiger partial charge in [-0.1, -0.05) is 35.9 Å². The molecule has 1 amide bonds. The molecule has 8 heteroatoms. The van der Waals surface area contributed by atoms with E-state index < -0.39 is 22.0 Å². The summed E-state index contributed by atoms with van der Waals surface area (Å²) in [6.07, 6.45) is 0.953. The van der Waals surface area contributed by atoms with Crippen molar-refractivity contribution < 1.29 is 18.4 Å². The number of carbonyl (C=O) groups excluding carboxylic acids is 1. The Morgan fingerprint density at radius 1 is 1.08 bits per heavy atom. The minimum atomic E-state index is -3.81. The molecule has 25 heavy (non-hydrogen) atoms. The number of rotatable bonds is 4. The van der Waals surface area contributed by atoms with Gasteiger partial charge in [0.1, 0.15) is 6.04 Å². The molecule has 1 heterocycles. The van der Waals surface area contributed by atoms with E-state index in [0.717, 1.165) is 15.4 Å². The van der Waals surface area contributed by atoms with Crippen molar-refractivity contribution in [2.24, 2.45) is 0 Å². The first kappa shape index (κ1) is 17.9. The Hall–Kier alpha value is -1.93. The summed E-state index contributed by atoms with van der Waals surface area (Å²) in [5, 5.41) is 9.43. The van der Waals surface area contributed by atoms with Gasteiger partial charge in [-0.25, -0.2) is 13.9 Å². The number of carbonyl (C=O) groups is 1. The number of hydroxylamine groups is 1. The Bertz CT molecular complexity index is 867. The molecule has 0 saturated carbocycles. The maximum Gasteiger partial charge on any atom is 0.261 e. The second-order valence-electron chi connectivity index (χ2n) is 5.78. The van der Waals surface area contributed by atoms with Crippen LogP contribution in [0.5, 0.6) is 0 Å². The summed E-state index contributed by atoms with van der Waals surface area (Å²) in [4.78, 5) is 11.8. The predicted octanol–water partition coefficient (Wildman–Crippen LogP) is 2.67. The Morgan fingerprint density at radius 2 is 1.64 bits per heavy atom. The van der Waals surface area contributed by atoms with E-state index >= 15 is 0 Å². The molecule has 132 valence electrons. The number of sulfonamides is 1. The van der Waals surface area contributed by atoms with Gasteiger partial charge in [-0.3, -0.25) is 10.0 Å². The number of amides is 1. The molecule has 0 unspecified atom stereocenters. The van der Waals surface area contributed by atoms with E-state index in [1.54, 1.807) is 24.3 Å². The first-order valence-corrected chi connectivity index (χ1v) is 9.57. The highest BCUT2D eigenvalue weighted by molar-refractivity contribution is 7.89. The van der Waals surface area contributed by atoms with Gasteiger partial charge < -0.3 is 0 Å². The van der Waals surface area contributed by atoms with E-state index in [0.29, 0.717) is 17.9 Å². The summed E-state index contributed by atoms with van der Waals surface area (Å²) >= 11 is 5.87. The lowest BCUT2D eigenvalue weighted by Gasteiger charge is -2.22. The fraction of sp³-hybridized carbons (Fsp3) is 0.235. The third kappa shape index (κ3) is 3.55. The van der Waals surface area contributed by atoms with Crippen LogP contribution in [-0.2, 0) is 14.8 Å². The third-order valence-corrected chi connectivity index (χ3v) is 6.43. The van der Waals surface area contributed by atoms with Gasteiger partial charge in [-0.05, 0) is 48.2 Å². The summed E-state index contributed by atoms with van der Waals surface area (Å²) < 4.78 is 26.7. The van der Waals surface area contributed by atoms with Gasteiger partial charge in [0, 0.05) is 11.6 Å². The van der Waals surface area contributed by atoms with Crippen molar-refractivity contribution in [3.05, 3.63) is 53.6 Å². The maximum absolute atomic E-state index is 12.8. The Balaban J connectivity index is 1.88. The summed E-state index contributed by atoms with van der Waals surface area (Å²) in [6, 6.07) is 12.8. The normalized spacial score (nSPS) is 18.2. The predicted molar refractivity (Wildman–Crippen MR) is 93.7 cm³/mol. The van der Waals surface area contributed by atoms with Crippen LogP contribution >= 0.6 is 11.6 Å². The molecule has 1 atom stereocenters. The molecule has 0 radical (unpaired) electrons. The van der Waals surface area contributed by atoms with Crippen LogP contribution in [0.4, 0.5) is 0 Å². The lowest BCUT2D eigenvalue weighted by molar-refractivity contribution is -0.132. The van der Waals surface area contributed by atoms with E-state index in [4.69, 9.17) is 16.8 Å². The van der Waals surface area contributed by atoms with Gasteiger partial charge in [-0.2, -0.15) is 4.31 Å². The van der Waals surface area contributed by atoms with Gasteiger partial charge in [0.2, 0.25) is 10.0 Å². The zero-order valence-electron chi connectivity index (χ0n) is 13.2. The molecule has 2 aromatic rings. The van der Waals surface area contributed by atoms with E-state index in [1.807, 2.05) is 12.1 Å². The van der Waals surface area contributed by atoms with Crippen molar-refractivity contribution in [3.63, 3.8) is 0 Å². The molecule has 0 aliphatic carbocycles. The third-order valence-electron chi connectivity index (χ3n) is 4.25. The van der Waals surface area contributed by atoms with Crippen molar-refractivity contribution >= 4 is 27.5 Å². The molecular formula is C17H17ClN2O4S. The van der Waals surface area contributed by atoms with Crippen LogP contribution in [-0.4, -0.2) is 36.4 Å². The number of nitrogens with zero attached hydrogens (tertiary/aromatic N) is 1. The minimum Gasteiger partial charge on any atom is -0.289 e. The highest BCUT2D eigenvalue weighted by Crippen LogP contribution is 2.28. The van der Waals surface area contributed by atoms with Crippen molar-refractivity contribution in [2.75, 3.05) is 6.54 Å². The maximum atomic E-state index is 12.8. The van der Waals surface area contributed by atoms with Gasteiger partial charge >= 0.3 is 0 Å². The Kier molecular flexibility index (Phi) is 5.10. The van der Waals surface area contributed by atoms with Crippen LogP contribution in [0.25, 0.3) is 11.1 Å². The van der Waals surface area contributed by atoms with Crippen LogP contribution in [0.15, 0.2) is 53.4 Å². The fourth-order valence-electron chi connectivity index (χ4n) is 2.96. The fourth-order valence-corrected chi connectivity index (χ4v) is 4.74. The number of hydrogen-bond acceptors (Lipinski definition) is 4. The van der Waals surface area contributed by atoms with Gasteiger partial charge in [0.05, 0.1) is 4.90 Å². The number of hydrogen-bond donors (Lipinski definition) is 2. The number of halogens is 1. The lowest BCUT2D eigenvalue weighted by atomic mass is 10.1. The van der Waals surface area contributed by atoms with Gasteiger partial charge in [0.25, 0.3) is 5.91 Å². The molecule has 6 nitrogen and oxygen atoms in total. The molecule has 1 saturated heterocycles. The molecule has 1 fully saturated rings. The molecule has 1 aliphatic rings. The van der Waals surface area contributed by atoms with Crippen LogP contribution in [0.1, 0.15) is 12.8 Å². The van der Waals surface area contributed by atoms with E-state index in [1.165, 1.54) is 17.6 Å². The van der Waals surface area contributed by atoms with Crippen LogP contribution < -0.4 is 5.48 Å². The minimum absolute atomic E-state index is 0.114. The Morgan fingerprint density at radius 3 is 2.20 bits per heavy atom. The van der Waals surface area contributed by atoms with E-state index in [9.17, 15) is 13.2 Å². The van der Waals surface area contributed by atoms with Gasteiger partial charge in [0.15, 0.2) is 0 Å². The molecule has 0 bridgehead atoms. The highest BCUT2D eigenvalue weighted by atomic mass is 35.5.